The van der Waals surface area contributed by atoms with E-state index in [1.54, 1.807) is 13.0 Å². The highest BCUT2D eigenvalue weighted by atomic mass is 32.2. The molecule has 0 bridgehead atoms. The lowest BCUT2D eigenvalue weighted by Crippen LogP contribution is -2.47. The van der Waals surface area contributed by atoms with E-state index in [1.807, 2.05) is 6.92 Å². The van der Waals surface area contributed by atoms with Crippen molar-refractivity contribution in [1.82, 2.24) is 14.8 Å². The first kappa shape index (κ1) is 23.8. The van der Waals surface area contributed by atoms with Gasteiger partial charge in [-0.2, -0.15) is 4.31 Å². The van der Waals surface area contributed by atoms with E-state index in [0.29, 0.717) is 50.5 Å². The first-order chi connectivity index (χ1) is 14.6. The Labute approximate surface area is 181 Å². The number of nitrogens with zero attached hydrogens (tertiary/aromatic N) is 2. The van der Waals surface area contributed by atoms with Gasteiger partial charge in [0.15, 0.2) is 0 Å². The van der Waals surface area contributed by atoms with Crippen molar-refractivity contribution in [3.8, 4) is 0 Å². The molecule has 7 nitrogen and oxygen atoms in total. The number of aryl methyl sites for hydroxylation is 1. The summed E-state index contributed by atoms with van der Waals surface area (Å²) in [6, 6.07) is 4.08. The summed E-state index contributed by atoms with van der Waals surface area (Å²) in [5.41, 5.74) is 0.0615. The van der Waals surface area contributed by atoms with Gasteiger partial charge in [0.05, 0.1) is 17.5 Å². The number of benzene rings is 1. The maximum atomic E-state index is 15.3. The zero-order chi connectivity index (χ0) is 22.6. The average molecular weight is 458 g/mol. The van der Waals surface area contributed by atoms with Crippen LogP contribution in [0.5, 0.6) is 0 Å². The summed E-state index contributed by atoms with van der Waals surface area (Å²) in [7, 11) is -3.54. The van der Waals surface area contributed by atoms with Crippen molar-refractivity contribution in [3.63, 3.8) is 0 Å². The fourth-order valence-electron chi connectivity index (χ4n) is 3.90. The van der Waals surface area contributed by atoms with Crippen LogP contribution in [0.1, 0.15) is 48.8 Å². The summed E-state index contributed by atoms with van der Waals surface area (Å²) in [5, 5.41) is 7.29. The summed E-state index contributed by atoms with van der Waals surface area (Å²) >= 11 is 0. The van der Waals surface area contributed by atoms with Crippen LogP contribution in [-0.2, 0) is 33.4 Å². The SMILES string of the molecule is CCCN(Cc1cc(F)c(C2(NCc3cc(C)on3)CCOCC2)cc1F)S(C)(=O)=O. The Morgan fingerprint density at radius 2 is 1.90 bits per heavy atom. The van der Waals surface area contributed by atoms with Gasteiger partial charge in [-0.05, 0) is 38.3 Å². The van der Waals surface area contributed by atoms with Crippen molar-refractivity contribution in [1.29, 1.82) is 0 Å². The highest BCUT2D eigenvalue weighted by Crippen LogP contribution is 2.35. The molecule has 0 saturated carbocycles. The van der Waals surface area contributed by atoms with Crippen molar-refractivity contribution in [3.05, 3.63) is 52.4 Å². The van der Waals surface area contributed by atoms with E-state index >= 15 is 8.78 Å². The molecule has 1 fully saturated rings. The van der Waals surface area contributed by atoms with Crippen LogP contribution >= 0.6 is 0 Å². The van der Waals surface area contributed by atoms with Gasteiger partial charge in [0.25, 0.3) is 0 Å². The lowest BCUT2D eigenvalue weighted by atomic mass is 9.81. The van der Waals surface area contributed by atoms with Gasteiger partial charge in [0.2, 0.25) is 10.0 Å². The molecule has 3 rings (SSSR count). The van der Waals surface area contributed by atoms with Crippen molar-refractivity contribution in [2.45, 2.75) is 51.7 Å². The zero-order valence-electron chi connectivity index (χ0n) is 18.1. The largest absolute Gasteiger partial charge is 0.381 e. The molecule has 0 atom stereocenters. The summed E-state index contributed by atoms with van der Waals surface area (Å²) in [4.78, 5) is 0. The van der Waals surface area contributed by atoms with E-state index in [1.165, 1.54) is 6.07 Å². The van der Waals surface area contributed by atoms with E-state index in [9.17, 15) is 8.42 Å². The Bertz CT molecular complexity index is 1000. The number of nitrogens with one attached hydrogen (secondary N) is 1. The first-order valence-electron chi connectivity index (χ1n) is 10.3. The maximum Gasteiger partial charge on any atom is 0.211 e. The van der Waals surface area contributed by atoms with Crippen LogP contribution in [-0.4, -0.2) is 43.9 Å². The van der Waals surface area contributed by atoms with Gasteiger partial charge in [-0.1, -0.05) is 12.1 Å². The van der Waals surface area contributed by atoms with Crippen molar-refractivity contribution in [2.24, 2.45) is 0 Å². The van der Waals surface area contributed by atoms with Gasteiger partial charge in [0, 0.05) is 50.0 Å². The van der Waals surface area contributed by atoms with Crippen molar-refractivity contribution >= 4 is 10.0 Å². The normalized spacial score (nSPS) is 16.7. The van der Waals surface area contributed by atoms with Crippen molar-refractivity contribution in [2.75, 3.05) is 26.0 Å². The van der Waals surface area contributed by atoms with Crippen LogP contribution in [0.3, 0.4) is 0 Å². The van der Waals surface area contributed by atoms with Gasteiger partial charge >= 0.3 is 0 Å². The minimum absolute atomic E-state index is 0.00876. The fraction of sp³-hybridized carbons (Fsp3) is 0.571. The summed E-state index contributed by atoms with van der Waals surface area (Å²) in [6.07, 6.45) is 2.57. The molecule has 0 radical (unpaired) electrons. The Morgan fingerprint density at radius 3 is 2.48 bits per heavy atom. The molecule has 1 aromatic carbocycles. The molecule has 0 unspecified atom stereocenters. The highest BCUT2D eigenvalue weighted by molar-refractivity contribution is 7.88. The minimum atomic E-state index is -3.54. The van der Waals surface area contributed by atoms with Gasteiger partial charge in [-0.15, -0.1) is 0 Å². The molecule has 1 aromatic heterocycles. The first-order valence-corrected chi connectivity index (χ1v) is 12.2. The Balaban J connectivity index is 1.90. The number of hydrogen-bond acceptors (Lipinski definition) is 6. The molecule has 10 heteroatoms. The van der Waals surface area contributed by atoms with E-state index in [2.05, 4.69) is 10.5 Å². The second kappa shape index (κ2) is 9.72. The summed E-state index contributed by atoms with van der Waals surface area (Å²) in [6.45, 7) is 4.79. The fourth-order valence-corrected chi connectivity index (χ4v) is 4.79. The molecule has 1 aliphatic heterocycles. The van der Waals surface area contributed by atoms with Crippen LogP contribution in [0.4, 0.5) is 8.78 Å². The molecule has 2 aromatic rings. The van der Waals surface area contributed by atoms with E-state index in [0.717, 1.165) is 16.6 Å². The number of rotatable bonds is 9. The predicted octanol–water partition coefficient (Wildman–Crippen LogP) is 3.23. The number of ether oxygens (including phenoxy) is 1. The van der Waals surface area contributed by atoms with Crippen LogP contribution in [0.2, 0.25) is 0 Å². The quantitative estimate of drug-likeness (QED) is 0.622. The smallest absolute Gasteiger partial charge is 0.211 e. The van der Waals surface area contributed by atoms with Gasteiger partial charge in [0.1, 0.15) is 17.4 Å². The minimum Gasteiger partial charge on any atom is -0.381 e. The molecule has 1 N–H and O–H groups in total. The number of hydrogen-bond donors (Lipinski definition) is 1. The van der Waals surface area contributed by atoms with Crippen LogP contribution in [0.25, 0.3) is 0 Å². The number of halogens is 2. The molecule has 0 amide bonds. The Morgan fingerprint density at radius 1 is 1.19 bits per heavy atom. The standard InChI is InChI=1S/C21H29F2N3O4S/c1-4-7-26(31(3,27)28)14-16-11-20(23)18(12-19(16)22)21(5-8-29-9-6-21)24-13-17-10-15(2)30-25-17/h10-12,24H,4-9,13-14H2,1-3H3. The average Bonchev–Trinajstić information content (AvgIpc) is 3.13. The molecule has 0 spiro atoms. The third-order valence-corrected chi connectivity index (χ3v) is 6.82. The predicted molar refractivity (Wildman–Crippen MR) is 112 cm³/mol. The second-order valence-corrected chi connectivity index (χ2v) is 9.98. The third kappa shape index (κ3) is 5.68. The molecule has 1 saturated heterocycles. The Kier molecular flexibility index (Phi) is 7.46. The van der Waals surface area contributed by atoms with Crippen LogP contribution < -0.4 is 5.32 Å². The highest BCUT2D eigenvalue weighted by Gasteiger charge is 2.37. The third-order valence-electron chi connectivity index (χ3n) is 5.57. The summed E-state index contributed by atoms with van der Waals surface area (Å²) in [5.74, 6) is -0.542. The zero-order valence-corrected chi connectivity index (χ0v) is 18.9. The molecule has 172 valence electrons. The second-order valence-electron chi connectivity index (χ2n) is 8.00. The van der Waals surface area contributed by atoms with E-state index in [4.69, 9.17) is 9.26 Å². The number of sulfonamides is 1. The molecule has 0 aliphatic carbocycles. The lowest BCUT2D eigenvalue weighted by molar-refractivity contribution is 0.0340. The lowest BCUT2D eigenvalue weighted by Gasteiger charge is -2.39. The van der Waals surface area contributed by atoms with E-state index in [-0.39, 0.29) is 24.2 Å². The van der Waals surface area contributed by atoms with Crippen LogP contribution in [0.15, 0.2) is 22.7 Å². The molecule has 1 aliphatic rings. The van der Waals surface area contributed by atoms with Gasteiger partial charge in [-0.3, -0.25) is 0 Å². The monoisotopic (exact) mass is 457 g/mol. The Hall–Kier alpha value is -1.88. The van der Waals surface area contributed by atoms with Gasteiger partial charge < -0.3 is 14.6 Å². The van der Waals surface area contributed by atoms with Gasteiger partial charge in [-0.25, -0.2) is 17.2 Å². The topological polar surface area (TPSA) is 84.7 Å². The molecular weight excluding hydrogens is 428 g/mol. The molecule has 2 heterocycles. The summed E-state index contributed by atoms with van der Waals surface area (Å²) < 4.78 is 66.0. The maximum absolute atomic E-state index is 15.3. The van der Waals surface area contributed by atoms with Crippen molar-refractivity contribution < 1.29 is 26.5 Å². The molecular formula is C21H29F2N3O4S. The van der Waals surface area contributed by atoms with E-state index < -0.39 is 27.2 Å². The number of aromatic nitrogens is 1. The van der Waals surface area contributed by atoms with Crippen LogP contribution in [0, 0.1) is 18.6 Å². The molecule has 31 heavy (non-hydrogen) atoms.